The van der Waals surface area contributed by atoms with Crippen molar-refractivity contribution < 1.29 is 19.1 Å². The van der Waals surface area contributed by atoms with Crippen molar-refractivity contribution in [1.82, 2.24) is 0 Å². The van der Waals surface area contributed by atoms with Gasteiger partial charge in [-0.15, -0.1) is 0 Å². The van der Waals surface area contributed by atoms with E-state index in [0.29, 0.717) is 10.7 Å². The van der Waals surface area contributed by atoms with E-state index in [9.17, 15) is 9.59 Å². The van der Waals surface area contributed by atoms with Gasteiger partial charge in [0.15, 0.2) is 11.6 Å². The molecule has 4 rings (SSSR count). The van der Waals surface area contributed by atoms with Gasteiger partial charge in [-0.2, -0.15) is 0 Å². The third-order valence-electron chi connectivity index (χ3n) is 6.67. The summed E-state index contributed by atoms with van der Waals surface area (Å²) in [5.41, 5.74) is 10.0. The van der Waals surface area contributed by atoms with Crippen molar-refractivity contribution >= 4 is 43.4 Å². The van der Waals surface area contributed by atoms with Gasteiger partial charge in [0, 0.05) is 11.1 Å². The normalized spacial score (nSPS) is 10.5. The number of Topliss-reactive ketones (excluding diaryl/α,β-unsaturated/α-hetero) is 2. The number of halogens is 2. The smallest absolute Gasteiger partial charge is 0.173 e. The van der Waals surface area contributed by atoms with Crippen molar-refractivity contribution in [3.8, 4) is 23.0 Å². The van der Waals surface area contributed by atoms with Crippen molar-refractivity contribution in [1.29, 1.82) is 0 Å². The van der Waals surface area contributed by atoms with Gasteiger partial charge in [-0.1, -0.05) is 44.0 Å². The maximum atomic E-state index is 11.9. The summed E-state index contributed by atoms with van der Waals surface area (Å²) in [5.74, 6) is 3.38. The number of hydrogen-bond donors (Lipinski definition) is 0. The molecule has 0 spiro atoms. The van der Waals surface area contributed by atoms with Gasteiger partial charge in [0.2, 0.25) is 0 Å². The number of rotatable bonds is 8. The predicted octanol–water partition coefficient (Wildman–Crippen LogP) is 10.6. The lowest BCUT2D eigenvalue weighted by molar-refractivity contribution is 0.101. The highest BCUT2D eigenvalue weighted by atomic mass is 79.9. The summed E-state index contributed by atoms with van der Waals surface area (Å²) in [5, 5.41) is 0.678. The Kier molecular flexibility index (Phi) is 11.7. The molecule has 0 aliphatic heterocycles. The first-order valence-corrected chi connectivity index (χ1v) is 16.0. The molecule has 42 heavy (non-hydrogen) atoms. The standard InChI is InChI=1S/2C18H19BrO2/c2*1-11-5-12(2)7-15(6-11)21-16-8-13(3)18(14(4)9-16)17(20)10-19/h2*5-9H,10H2,1-4H3. The largest absolute Gasteiger partial charge is 0.457 e. The third-order valence-corrected chi connectivity index (χ3v) is 7.69. The Morgan fingerprint density at radius 3 is 0.929 bits per heavy atom. The minimum atomic E-state index is 0.1000. The van der Waals surface area contributed by atoms with E-state index in [1.807, 2.05) is 104 Å². The van der Waals surface area contributed by atoms with Gasteiger partial charge in [0.05, 0.1) is 10.7 Å². The predicted molar refractivity (Wildman–Crippen MR) is 180 cm³/mol. The molecule has 0 radical (unpaired) electrons. The second-order valence-electron chi connectivity index (χ2n) is 10.8. The number of benzene rings is 4. The molecule has 220 valence electrons. The van der Waals surface area contributed by atoms with Crippen LogP contribution in [-0.2, 0) is 0 Å². The molecule has 0 aliphatic rings. The van der Waals surface area contributed by atoms with Crippen molar-refractivity contribution in [2.24, 2.45) is 0 Å². The molecular formula is C36H38Br2O4. The van der Waals surface area contributed by atoms with Crippen molar-refractivity contribution in [3.63, 3.8) is 0 Å². The van der Waals surface area contributed by atoms with Gasteiger partial charge in [0.1, 0.15) is 23.0 Å². The Bertz CT molecular complexity index is 1410. The number of aryl methyl sites for hydroxylation is 8. The number of hydrogen-bond acceptors (Lipinski definition) is 4. The Labute approximate surface area is 266 Å². The number of carbonyl (C=O) groups is 2. The molecule has 0 atom stereocenters. The van der Waals surface area contributed by atoms with Crippen LogP contribution in [0.1, 0.15) is 65.2 Å². The molecule has 0 aromatic heterocycles. The molecule has 4 aromatic carbocycles. The first-order chi connectivity index (χ1) is 19.8. The van der Waals surface area contributed by atoms with Gasteiger partial charge >= 0.3 is 0 Å². The number of ether oxygens (including phenoxy) is 2. The van der Waals surface area contributed by atoms with Gasteiger partial charge in [-0.05, 0) is 148 Å². The molecule has 0 amide bonds. The van der Waals surface area contributed by atoms with Crippen LogP contribution in [0, 0.1) is 55.4 Å². The number of alkyl halides is 2. The molecule has 0 aliphatic carbocycles. The van der Waals surface area contributed by atoms with E-state index in [1.165, 1.54) is 22.3 Å². The van der Waals surface area contributed by atoms with E-state index in [4.69, 9.17) is 9.47 Å². The van der Waals surface area contributed by atoms with Crippen LogP contribution in [0.15, 0.2) is 60.7 Å². The molecule has 0 heterocycles. The fourth-order valence-electron chi connectivity index (χ4n) is 5.23. The zero-order valence-corrected chi connectivity index (χ0v) is 28.7. The maximum absolute atomic E-state index is 11.9. The van der Waals surface area contributed by atoms with Gasteiger partial charge in [0.25, 0.3) is 0 Å². The molecule has 0 saturated heterocycles. The van der Waals surface area contributed by atoms with Crippen molar-refractivity contribution in [2.75, 3.05) is 10.7 Å². The zero-order chi connectivity index (χ0) is 31.1. The second kappa shape index (κ2) is 14.8. The zero-order valence-electron chi connectivity index (χ0n) is 25.6. The molecular weight excluding hydrogens is 656 g/mol. The average Bonchev–Trinajstić information content (AvgIpc) is 2.86. The summed E-state index contributed by atoms with van der Waals surface area (Å²) in [6.07, 6.45) is 0. The quantitative estimate of drug-likeness (QED) is 0.136. The Balaban J connectivity index is 0.000000230. The molecule has 0 N–H and O–H groups in total. The first kappa shape index (κ1) is 33.3. The fourth-order valence-corrected chi connectivity index (χ4v) is 5.80. The molecule has 0 bridgehead atoms. The summed E-state index contributed by atoms with van der Waals surface area (Å²) in [6.45, 7) is 16.0. The maximum Gasteiger partial charge on any atom is 0.173 e. The highest BCUT2D eigenvalue weighted by Crippen LogP contribution is 2.30. The highest BCUT2D eigenvalue weighted by Gasteiger charge is 2.14. The van der Waals surface area contributed by atoms with Crippen LogP contribution in [0.2, 0.25) is 0 Å². The average molecular weight is 695 g/mol. The van der Waals surface area contributed by atoms with Crippen LogP contribution in [0.5, 0.6) is 23.0 Å². The Morgan fingerprint density at radius 2 is 0.690 bits per heavy atom. The summed E-state index contributed by atoms with van der Waals surface area (Å²) >= 11 is 6.45. The van der Waals surface area contributed by atoms with Gasteiger partial charge in [-0.25, -0.2) is 0 Å². The van der Waals surface area contributed by atoms with Crippen LogP contribution < -0.4 is 9.47 Å². The molecule has 0 fully saturated rings. The second-order valence-corrected chi connectivity index (χ2v) is 12.0. The SMILES string of the molecule is Cc1cc(C)cc(Oc2cc(C)c(C(=O)CBr)c(C)c2)c1.Cc1cc(C)cc(Oc2cc(C)c(C(=O)CBr)c(C)c2)c1. The summed E-state index contributed by atoms with van der Waals surface area (Å²) in [4.78, 5) is 23.9. The topological polar surface area (TPSA) is 52.6 Å². The van der Waals surface area contributed by atoms with Crippen LogP contribution in [0.25, 0.3) is 0 Å². The van der Waals surface area contributed by atoms with E-state index in [0.717, 1.165) is 56.4 Å². The Morgan fingerprint density at radius 1 is 0.452 bits per heavy atom. The summed E-state index contributed by atoms with van der Waals surface area (Å²) in [6, 6.07) is 19.9. The lowest BCUT2D eigenvalue weighted by atomic mass is 9.99. The van der Waals surface area contributed by atoms with E-state index < -0.39 is 0 Å². The monoisotopic (exact) mass is 692 g/mol. The minimum Gasteiger partial charge on any atom is -0.457 e. The van der Waals surface area contributed by atoms with Crippen molar-refractivity contribution in [2.45, 2.75) is 55.4 Å². The lowest BCUT2D eigenvalue weighted by Gasteiger charge is -2.13. The molecule has 4 nitrogen and oxygen atoms in total. The van der Waals surface area contributed by atoms with E-state index in [1.54, 1.807) is 0 Å². The Hall–Kier alpha value is -3.22. The summed E-state index contributed by atoms with van der Waals surface area (Å²) < 4.78 is 11.9. The molecule has 0 saturated carbocycles. The first-order valence-electron chi connectivity index (χ1n) is 13.7. The number of ketones is 2. The van der Waals surface area contributed by atoms with Gasteiger partial charge < -0.3 is 9.47 Å². The van der Waals surface area contributed by atoms with Crippen LogP contribution in [0.4, 0.5) is 0 Å². The molecule has 0 unspecified atom stereocenters. The van der Waals surface area contributed by atoms with Crippen LogP contribution in [0.3, 0.4) is 0 Å². The van der Waals surface area contributed by atoms with Gasteiger partial charge in [-0.3, -0.25) is 9.59 Å². The third kappa shape index (κ3) is 8.89. The van der Waals surface area contributed by atoms with E-state index in [-0.39, 0.29) is 11.6 Å². The van der Waals surface area contributed by atoms with E-state index >= 15 is 0 Å². The van der Waals surface area contributed by atoms with Crippen molar-refractivity contribution in [3.05, 3.63) is 116 Å². The molecule has 6 heteroatoms. The minimum absolute atomic E-state index is 0.1000. The summed E-state index contributed by atoms with van der Waals surface area (Å²) in [7, 11) is 0. The fraction of sp³-hybridized carbons (Fsp3) is 0.278. The number of carbonyl (C=O) groups excluding carboxylic acids is 2. The highest BCUT2D eigenvalue weighted by molar-refractivity contribution is 9.09. The molecule has 4 aromatic rings. The van der Waals surface area contributed by atoms with E-state index in [2.05, 4.69) is 44.0 Å². The van der Waals surface area contributed by atoms with Crippen LogP contribution in [-0.4, -0.2) is 22.2 Å². The van der Waals surface area contributed by atoms with Crippen LogP contribution >= 0.6 is 31.9 Å². The lowest BCUT2D eigenvalue weighted by Crippen LogP contribution is -2.06.